The molecule has 0 aliphatic rings. The van der Waals surface area contributed by atoms with Crippen molar-refractivity contribution in [3.63, 3.8) is 0 Å². The van der Waals surface area contributed by atoms with E-state index in [2.05, 4.69) is 16.1 Å². The van der Waals surface area contributed by atoms with Gasteiger partial charge < -0.3 is 14.8 Å². The summed E-state index contributed by atoms with van der Waals surface area (Å²) in [5.41, 5.74) is -0.766. The number of amides is 1. The number of hydrogen-bond acceptors (Lipinski definition) is 6. The molecule has 0 radical (unpaired) electrons. The van der Waals surface area contributed by atoms with Gasteiger partial charge in [-0.1, -0.05) is 24.8 Å². The van der Waals surface area contributed by atoms with Gasteiger partial charge in [0.1, 0.15) is 0 Å². The Hall–Kier alpha value is -2.58. The third-order valence-electron chi connectivity index (χ3n) is 3.36. The normalized spacial score (nSPS) is 14.5. The molecular weight excluding hydrogens is 445 g/mol. The zero-order chi connectivity index (χ0) is 23.4. The van der Waals surface area contributed by atoms with Crippen LogP contribution in [0.4, 0.5) is 27.6 Å². The second-order valence-corrected chi connectivity index (χ2v) is 7.36. The summed E-state index contributed by atoms with van der Waals surface area (Å²) < 4.78 is 106. The summed E-state index contributed by atoms with van der Waals surface area (Å²) in [4.78, 5) is 24.1. The first-order valence-electron chi connectivity index (χ1n) is 7.84. The largest absolute Gasteiger partial charge is 0.466 e. The van der Waals surface area contributed by atoms with Crippen molar-refractivity contribution in [2.24, 2.45) is 0 Å². The van der Waals surface area contributed by atoms with Gasteiger partial charge in [0.05, 0.1) is 13.0 Å². The summed E-state index contributed by atoms with van der Waals surface area (Å²) in [6, 6.07) is 6.51. The third-order valence-corrected chi connectivity index (χ3v) is 4.32. The predicted octanol–water partition coefficient (Wildman–Crippen LogP) is 2.89. The van der Waals surface area contributed by atoms with Crippen LogP contribution in [0.15, 0.2) is 42.5 Å². The van der Waals surface area contributed by atoms with E-state index in [0.717, 1.165) is 6.92 Å². The third kappa shape index (κ3) is 5.96. The molecule has 0 spiro atoms. The van der Waals surface area contributed by atoms with Crippen molar-refractivity contribution in [2.75, 3.05) is 11.9 Å². The lowest BCUT2D eigenvalue weighted by Gasteiger charge is -2.33. The van der Waals surface area contributed by atoms with Crippen LogP contribution in [-0.2, 0) is 29.2 Å². The fourth-order valence-electron chi connectivity index (χ4n) is 1.80. The van der Waals surface area contributed by atoms with Crippen LogP contribution in [0.5, 0.6) is 0 Å². The van der Waals surface area contributed by atoms with E-state index < -0.39 is 57.8 Å². The van der Waals surface area contributed by atoms with Crippen molar-refractivity contribution in [3.8, 4) is 0 Å². The van der Waals surface area contributed by atoms with E-state index in [9.17, 15) is 40.0 Å². The Bertz CT molecular complexity index is 902. The van der Waals surface area contributed by atoms with Crippen molar-refractivity contribution in [1.29, 1.82) is 0 Å². The van der Waals surface area contributed by atoms with Crippen LogP contribution < -0.4 is 5.32 Å². The van der Waals surface area contributed by atoms with Gasteiger partial charge >= 0.3 is 39.2 Å². The van der Waals surface area contributed by atoms with E-state index in [0.29, 0.717) is 0 Å². The van der Waals surface area contributed by atoms with Crippen LogP contribution in [0.1, 0.15) is 13.3 Å². The first-order chi connectivity index (χ1) is 13.5. The Morgan fingerprint density at radius 3 is 2.10 bits per heavy atom. The fraction of sp³-hybridized carbons (Fsp3) is 0.375. The van der Waals surface area contributed by atoms with Gasteiger partial charge in [0, 0.05) is 11.3 Å². The molecular formula is C16H16F5NO7S. The number of ether oxygens (including phenoxy) is 2. The number of halogens is 5. The van der Waals surface area contributed by atoms with Gasteiger partial charge in [-0.3, -0.25) is 9.35 Å². The van der Waals surface area contributed by atoms with E-state index in [1.165, 1.54) is 30.3 Å². The minimum atomic E-state index is -5.98. The highest BCUT2D eigenvalue weighted by Gasteiger charge is 2.66. The number of esters is 1. The number of hydrogen-bond donors (Lipinski definition) is 2. The highest BCUT2D eigenvalue weighted by molar-refractivity contribution is 7.86. The van der Waals surface area contributed by atoms with Gasteiger partial charge in [-0.15, -0.1) is 0 Å². The zero-order valence-corrected chi connectivity index (χ0v) is 16.0. The van der Waals surface area contributed by atoms with E-state index in [4.69, 9.17) is 4.55 Å². The van der Waals surface area contributed by atoms with Crippen molar-refractivity contribution in [1.82, 2.24) is 0 Å². The maximum atomic E-state index is 13.8. The Balaban J connectivity index is 3.31. The summed E-state index contributed by atoms with van der Waals surface area (Å²) in [7, 11) is -5.98. The number of carbonyl (C=O) groups is 2. The number of alkyl halides is 5. The molecule has 1 amide bonds. The minimum Gasteiger partial charge on any atom is -0.412 e. The second kappa shape index (κ2) is 9.06. The molecule has 0 fully saturated rings. The lowest BCUT2D eigenvalue weighted by molar-refractivity contribution is -0.346. The Labute approximate surface area is 167 Å². The molecule has 14 heteroatoms. The predicted molar refractivity (Wildman–Crippen MR) is 91.8 cm³/mol. The quantitative estimate of drug-likeness (QED) is 0.191. The van der Waals surface area contributed by atoms with Crippen LogP contribution in [-0.4, -0.2) is 48.7 Å². The van der Waals surface area contributed by atoms with Gasteiger partial charge in [-0.25, -0.2) is 4.79 Å². The first kappa shape index (κ1) is 25.5. The maximum Gasteiger partial charge on any atom is 0.466 e. The number of carbonyl (C=O) groups excluding carboxylic acids is 2. The zero-order valence-electron chi connectivity index (χ0n) is 15.2. The van der Waals surface area contributed by atoms with Crippen LogP contribution in [0, 0.1) is 0 Å². The molecule has 0 saturated heterocycles. The summed E-state index contributed by atoms with van der Waals surface area (Å²) in [6.45, 7) is 2.25. The minimum absolute atomic E-state index is 0.186. The van der Waals surface area contributed by atoms with Crippen LogP contribution in [0.3, 0.4) is 0 Å². The summed E-state index contributed by atoms with van der Waals surface area (Å²) in [5.74, 6) is -8.27. The summed E-state index contributed by atoms with van der Waals surface area (Å²) in [6.07, 6.45) is -7.77. The molecule has 1 rings (SSSR count). The lowest BCUT2D eigenvalue weighted by atomic mass is 10.2. The molecule has 168 valence electrons. The van der Waals surface area contributed by atoms with Crippen LogP contribution >= 0.6 is 0 Å². The van der Waals surface area contributed by atoms with E-state index in [1.54, 1.807) is 5.32 Å². The number of nitrogens with one attached hydrogen (secondary N) is 1. The smallest absolute Gasteiger partial charge is 0.412 e. The van der Waals surface area contributed by atoms with Crippen molar-refractivity contribution >= 4 is 27.7 Å². The molecule has 30 heavy (non-hydrogen) atoms. The van der Waals surface area contributed by atoms with E-state index in [1.807, 2.05) is 0 Å². The molecule has 0 aliphatic carbocycles. The Morgan fingerprint density at radius 1 is 1.13 bits per heavy atom. The first-order valence-corrected chi connectivity index (χ1v) is 9.28. The molecule has 0 aliphatic heterocycles. The molecule has 0 heterocycles. The fourth-order valence-corrected chi connectivity index (χ4v) is 2.15. The van der Waals surface area contributed by atoms with E-state index in [-0.39, 0.29) is 5.69 Å². The van der Waals surface area contributed by atoms with Gasteiger partial charge in [0.25, 0.3) is 0 Å². The van der Waals surface area contributed by atoms with Crippen molar-refractivity contribution in [2.45, 2.75) is 30.6 Å². The standard InChI is InChI=1S/C16H16F5NO7S/c1-10(2)12(23)29-15(16(19,20)21,13(24)22-11-6-4-3-5-7-11)28-9-8-14(17,18)30(25,26)27/h3-7H,1,8-9H2,2H3,(H,22,24)(H,25,26,27). The topological polar surface area (TPSA) is 119 Å². The summed E-state index contributed by atoms with van der Waals surface area (Å²) in [5, 5.41) is -3.12. The highest BCUT2D eigenvalue weighted by Crippen LogP contribution is 2.38. The molecule has 0 aromatic heterocycles. The number of rotatable bonds is 9. The van der Waals surface area contributed by atoms with Crippen molar-refractivity contribution in [3.05, 3.63) is 42.5 Å². The van der Waals surface area contributed by atoms with E-state index >= 15 is 0 Å². The molecule has 1 unspecified atom stereocenters. The molecule has 0 saturated carbocycles. The van der Waals surface area contributed by atoms with Gasteiger partial charge in [0.2, 0.25) is 0 Å². The Morgan fingerprint density at radius 2 is 1.67 bits per heavy atom. The maximum absolute atomic E-state index is 13.8. The number of para-hydroxylation sites is 1. The molecule has 1 aromatic carbocycles. The van der Waals surface area contributed by atoms with Crippen LogP contribution in [0.2, 0.25) is 0 Å². The molecule has 0 bridgehead atoms. The Kier molecular flexibility index (Phi) is 7.68. The van der Waals surface area contributed by atoms with Crippen molar-refractivity contribution < 1.29 is 54.0 Å². The molecule has 1 aromatic rings. The average molecular weight is 461 g/mol. The van der Waals surface area contributed by atoms with Gasteiger partial charge in [-0.05, 0) is 19.1 Å². The molecule has 1 atom stereocenters. The SMILES string of the molecule is C=C(C)C(=O)OC(OCCC(F)(F)S(=O)(=O)O)(C(=O)Nc1ccccc1)C(F)(F)F. The number of anilines is 1. The monoisotopic (exact) mass is 461 g/mol. The molecule has 2 N–H and O–H groups in total. The van der Waals surface area contributed by atoms with Gasteiger partial charge in [-0.2, -0.15) is 30.4 Å². The number of benzene rings is 1. The highest BCUT2D eigenvalue weighted by atomic mass is 32.2. The average Bonchev–Trinajstić information content (AvgIpc) is 2.59. The second-order valence-electron chi connectivity index (χ2n) is 5.82. The lowest BCUT2D eigenvalue weighted by Crippen LogP contribution is -2.60. The summed E-state index contributed by atoms with van der Waals surface area (Å²) >= 11 is 0. The van der Waals surface area contributed by atoms with Crippen LogP contribution in [0.25, 0.3) is 0 Å². The van der Waals surface area contributed by atoms with Gasteiger partial charge in [0.15, 0.2) is 0 Å². The molecule has 8 nitrogen and oxygen atoms in total.